The van der Waals surface area contributed by atoms with Crippen LogP contribution in [0.2, 0.25) is 0 Å². The van der Waals surface area contributed by atoms with Crippen LogP contribution in [-0.2, 0) is 22.4 Å². The van der Waals surface area contributed by atoms with Crippen LogP contribution in [0.3, 0.4) is 0 Å². The molecular formula is C20H22N3O3S2+. The molecule has 0 spiro atoms. The molecule has 1 N–H and O–H groups in total. The summed E-state index contributed by atoms with van der Waals surface area (Å²) in [6.07, 6.45) is 3.97. The number of carbonyl (C=O) groups is 3. The zero-order chi connectivity index (χ0) is 19.3. The van der Waals surface area contributed by atoms with E-state index in [0.29, 0.717) is 18.4 Å². The maximum Gasteiger partial charge on any atom is 0.338 e. The molecule has 2 aromatic heterocycles. The normalized spacial score (nSPS) is 24.9. The Morgan fingerprint density at radius 3 is 2.61 bits per heavy atom. The van der Waals surface area contributed by atoms with Crippen molar-refractivity contribution in [3.63, 3.8) is 0 Å². The maximum absolute atomic E-state index is 12.8. The minimum Gasteiger partial charge on any atom is -0.311 e. The lowest BCUT2D eigenvalue weighted by Gasteiger charge is -2.34. The van der Waals surface area contributed by atoms with E-state index >= 15 is 0 Å². The Bertz CT molecular complexity index is 919. The van der Waals surface area contributed by atoms with Gasteiger partial charge in [-0.2, -0.15) is 0 Å². The second-order valence-electron chi connectivity index (χ2n) is 7.73. The third-order valence-electron chi connectivity index (χ3n) is 5.98. The van der Waals surface area contributed by atoms with E-state index in [0.717, 1.165) is 22.7 Å². The smallest absolute Gasteiger partial charge is 0.311 e. The van der Waals surface area contributed by atoms with E-state index in [1.807, 2.05) is 17.5 Å². The molecular weight excluding hydrogens is 394 g/mol. The maximum atomic E-state index is 12.8. The molecule has 3 aliphatic rings. The summed E-state index contributed by atoms with van der Waals surface area (Å²) >= 11 is 3.40. The van der Waals surface area contributed by atoms with Gasteiger partial charge in [0.05, 0.1) is 6.54 Å². The first kappa shape index (κ1) is 18.0. The third kappa shape index (κ3) is 3.09. The molecule has 8 heteroatoms. The van der Waals surface area contributed by atoms with Crippen LogP contribution in [0.4, 0.5) is 4.79 Å². The number of hydrogen-bond donors (Lipinski definition) is 1. The fourth-order valence-electron chi connectivity index (χ4n) is 4.44. The van der Waals surface area contributed by atoms with Crippen LogP contribution < -0.4 is 4.90 Å². The number of hydrogen-bond acceptors (Lipinski definition) is 5. The van der Waals surface area contributed by atoms with Crippen molar-refractivity contribution >= 4 is 40.5 Å². The van der Waals surface area contributed by atoms with E-state index in [-0.39, 0.29) is 13.2 Å². The number of rotatable bonds is 6. The van der Waals surface area contributed by atoms with Crippen LogP contribution in [0.5, 0.6) is 0 Å². The van der Waals surface area contributed by atoms with Crippen molar-refractivity contribution in [2.24, 2.45) is 5.92 Å². The number of nitrogens with zero attached hydrogens (tertiary/aromatic N) is 2. The molecule has 28 heavy (non-hydrogen) atoms. The Kier molecular flexibility index (Phi) is 4.57. The molecule has 2 aliphatic heterocycles. The van der Waals surface area contributed by atoms with Gasteiger partial charge in [0.15, 0.2) is 6.67 Å². The van der Waals surface area contributed by atoms with Crippen molar-refractivity contribution in [3.8, 4) is 0 Å². The zero-order valence-electron chi connectivity index (χ0n) is 15.4. The monoisotopic (exact) mass is 416 g/mol. The number of thiophene rings is 2. The topological polar surface area (TPSA) is 62.1 Å². The van der Waals surface area contributed by atoms with Crippen LogP contribution >= 0.6 is 22.7 Å². The first-order chi connectivity index (χ1) is 13.6. The van der Waals surface area contributed by atoms with Gasteiger partial charge < -0.3 is 4.90 Å². The molecule has 1 unspecified atom stereocenters. The molecule has 0 aromatic carbocycles. The lowest BCUT2D eigenvalue weighted by molar-refractivity contribution is -0.943. The highest BCUT2D eigenvalue weighted by Crippen LogP contribution is 2.42. The molecule has 2 aromatic rings. The summed E-state index contributed by atoms with van der Waals surface area (Å²) in [5.41, 5.74) is 1.38. The number of urea groups is 1. The molecule has 0 radical (unpaired) electrons. The second-order valence-corrected chi connectivity index (χ2v) is 9.77. The van der Waals surface area contributed by atoms with Gasteiger partial charge in [0.25, 0.3) is 0 Å². The summed E-state index contributed by atoms with van der Waals surface area (Å²) < 4.78 is 0. The first-order valence-electron chi connectivity index (χ1n) is 9.74. The van der Waals surface area contributed by atoms with Crippen molar-refractivity contribution in [1.82, 2.24) is 9.80 Å². The predicted molar refractivity (Wildman–Crippen MR) is 106 cm³/mol. The molecule has 1 aliphatic carbocycles. The largest absolute Gasteiger partial charge is 0.338 e. The zero-order valence-corrected chi connectivity index (χ0v) is 17.1. The van der Waals surface area contributed by atoms with E-state index in [1.54, 1.807) is 22.7 Å². The van der Waals surface area contributed by atoms with Gasteiger partial charge in [-0.25, -0.2) is 9.69 Å². The van der Waals surface area contributed by atoms with Crippen LogP contribution in [0.15, 0.2) is 29.0 Å². The Morgan fingerprint density at radius 2 is 1.86 bits per heavy atom. The third-order valence-corrected chi connectivity index (χ3v) is 7.91. The Hall–Kier alpha value is -2.03. The van der Waals surface area contributed by atoms with Gasteiger partial charge in [-0.15, -0.1) is 22.7 Å². The second kappa shape index (κ2) is 7.09. The average Bonchev–Trinajstić information content (AvgIpc) is 3.11. The van der Waals surface area contributed by atoms with E-state index in [4.69, 9.17) is 0 Å². The average molecular weight is 417 g/mol. The Balaban J connectivity index is 1.31. The summed E-state index contributed by atoms with van der Waals surface area (Å²) in [6.45, 7) is 1.45. The lowest BCUT2D eigenvalue weighted by atomic mass is 9.96. The molecule has 1 saturated carbocycles. The van der Waals surface area contributed by atoms with Crippen LogP contribution in [0.25, 0.3) is 0 Å². The Morgan fingerprint density at radius 1 is 1.04 bits per heavy atom. The van der Waals surface area contributed by atoms with E-state index in [1.165, 1.54) is 33.1 Å². The number of imide groups is 2. The molecule has 2 atom stereocenters. The van der Waals surface area contributed by atoms with E-state index < -0.39 is 17.8 Å². The van der Waals surface area contributed by atoms with Gasteiger partial charge in [-0.1, -0.05) is 6.07 Å². The fourth-order valence-corrected chi connectivity index (χ4v) is 6.07. The lowest BCUT2D eigenvalue weighted by Crippen LogP contribution is -3.15. The SMILES string of the molecule is O=C1C(=O)N(C[NH+]2CCc3sccc3[C@H]2C2CC2)C(=O)N1CCc1cccs1. The first-order valence-corrected chi connectivity index (χ1v) is 11.5. The standard InChI is InChI=1S/C20H21N3O3S2/c24-18-19(25)23(20(26)22(18)9-5-14-2-1-10-27-14)12-21-8-6-16-15(7-11-28-16)17(21)13-3-4-13/h1-2,7,10-11,13,17H,3-6,8-9,12H2/p+1/t17-/m1/s1. The highest BCUT2D eigenvalue weighted by molar-refractivity contribution is 7.10. The summed E-state index contributed by atoms with van der Waals surface area (Å²) in [7, 11) is 0. The highest BCUT2D eigenvalue weighted by Gasteiger charge is 2.49. The molecule has 4 amide bonds. The van der Waals surface area contributed by atoms with Crippen molar-refractivity contribution < 1.29 is 19.3 Å². The van der Waals surface area contributed by atoms with Crippen molar-refractivity contribution in [2.75, 3.05) is 19.8 Å². The number of amides is 4. The molecule has 146 valence electrons. The molecule has 0 bridgehead atoms. The molecule has 4 heterocycles. The molecule has 1 saturated heterocycles. The minimum absolute atomic E-state index is 0.260. The van der Waals surface area contributed by atoms with E-state index in [9.17, 15) is 14.4 Å². The van der Waals surface area contributed by atoms with Gasteiger partial charge in [0.1, 0.15) is 6.04 Å². The van der Waals surface area contributed by atoms with Gasteiger partial charge in [0, 0.05) is 40.6 Å². The van der Waals surface area contributed by atoms with Crippen LogP contribution in [0, 0.1) is 5.92 Å². The predicted octanol–water partition coefficient (Wildman–Crippen LogP) is 1.69. The summed E-state index contributed by atoms with van der Waals surface area (Å²) in [5.74, 6) is -0.728. The minimum atomic E-state index is -0.683. The summed E-state index contributed by atoms with van der Waals surface area (Å²) in [6, 6.07) is 6.01. The summed E-state index contributed by atoms with van der Waals surface area (Å²) in [5, 5.41) is 4.11. The fraction of sp³-hybridized carbons (Fsp3) is 0.450. The quantitative estimate of drug-likeness (QED) is 0.576. The number of quaternary nitrogens is 1. The molecule has 6 nitrogen and oxygen atoms in total. The number of carbonyl (C=O) groups excluding carboxylic acids is 3. The van der Waals surface area contributed by atoms with Gasteiger partial charge >= 0.3 is 17.8 Å². The van der Waals surface area contributed by atoms with Crippen molar-refractivity contribution in [1.29, 1.82) is 0 Å². The van der Waals surface area contributed by atoms with Gasteiger partial charge in [-0.05, 0) is 35.7 Å². The number of fused-ring (bicyclic) bond motifs is 1. The van der Waals surface area contributed by atoms with Gasteiger partial charge in [0.2, 0.25) is 0 Å². The summed E-state index contributed by atoms with van der Waals surface area (Å²) in [4.78, 5) is 43.9. The van der Waals surface area contributed by atoms with Crippen LogP contribution in [0.1, 0.15) is 34.2 Å². The molecule has 2 fully saturated rings. The van der Waals surface area contributed by atoms with Crippen molar-refractivity contribution in [3.05, 3.63) is 44.3 Å². The van der Waals surface area contributed by atoms with Crippen LogP contribution in [-0.4, -0.2) is 47.4 Å². The highest BCUT2D eigenvalue weighted by atomic mass is 32.1. The van der Waals surface area contributed by atoms with Crippen molar-refractivity contribution in [2.45, 2.75) is 31.7 Å². The van der Waals surface area contributed by atoms with Gasteiger partial charge in [-0.3, -0.25) is 14.5 Å². The molecule has 5 rings (SSSR count). The Labute approximate surface area is 171 Å². The van der Waals surface area contributed by atoms with E-state index in [2.05, 4.69) is 11.4 Å². The number of nitrogens with one attached hydrogen (secondary N) is 1.